The number of carbonyl (C=O) groups excluding carboxylic acids is 2. The number of benzene rings is 3. The van der Waals surface area contributed by atoms with Gasteiger partial charge >= 0.3 is 0 Å². The third kappa shape index (κ3) is 6.88. The molecule has 0 aliphatic rings. The molecule has 3 rings (SSSR count). The zero-order valence-electron chi connectivity index (χ0n) is 22.9. The van der Waals surface area contributed by atoms with Gasteiger partial charge < -0.3 is 19.7 Å². The average Bonchev–Trinajstić information content (AvgIpc) is 2.95. The first-order chi connectivity index (χ1) is 18.7. The molecule has 9 nitrogen and oxygen atoms in total. The molecule has 0 aliphatic heterocycles. The molecular weight excluding hydrogens is 518 g/mol. The summed E-state index contributed by atoms with van der Waals surface area (Å²) in [4.78, 5) is 28.2. The maximum atomic E-state index is 14.0. The lowest BCUT2D eigenvalue weighted by Crippen LogP contribution is -2.51. The standard InChI is InChI=1S/C29H35N3O6S/c1-6-25(29(34)30-3)31(19-22-10-8-7-9-11-22)28(33)20-32(26-18-23(37-4)14-17-27(26)38-5)39(35,36)24-15-12-21(2)13-16-24/h7-18,25H,6,19-20H2,1-5H3,(H,30,34)/t25-/m1/s1. The maximum absolute atomic E-state index is 14.0. The monoisotopic (exact) mass is 553 g/mol. The van der Waals surface area contributed by atoms with Crippen LogP contribution in [0.25, 0.3) is 0 Å². The van der Waals surface area contributed by atoms with Crippen molar-refractivity contribution in [2.24, 2.45) is 0 Å². The van der Waals surface area contributed by atoms with Gasteiger partial charge in [0, 0.05) is 19.7 Å². The van der Waals surface area contributed by atoms with Crippen LogP contribution in [0.2, 0.25) is 0 Å². The highest BCUT2D eigenvalue weighted by molar-refractivity contribution is 7.92. The minimum absolute atomic E-state index is 0.0127. The van der Waals surface area contributed by atoms with E-state index in [4.69, 9.17) is 9.47 Å². The summed E-state index contributed by atoms with van der Waals surface area (Å²) in [6, 6.07) is 19.5. The topological polar surface area (TPSA) is 105 Å². The number of amides is 2. The summed E-state index contributed by atoms with van der Waals surface area (Å²) in [5.41, 5.74) is 1.83. The van der Waals surface area contributed by atoms with Crippen LogP contribution in [0.15, 0.2) is 77.7 Å². The molecule has 1 N–H and O–H groups in total. The third-order valence-corrected chi connectivity index (χ3v) is 8.14. The van der Waals surface area contributed by atoms with Gasteiger partial charge in [-0.2, -0.15) is 0 Å². The minimum atomic E-state index is -4.24. The van der Waals surface area contributed by atoms with Crippen LogP contribution >= 0.6 is 0 Å². The predicted molar refractivity (Wildman–Crippen MR) is 150 cm³/mol. The number of nitrogens with zero attached hydrogens (tertiary/aromatic N) is 2. The van der Waals surface area contributed by atoms with Crippen molar-refractivity contribution in [3.8, 4) is 11.5 Å². The molecule has 0 unspecified atom stereocenters. The lowest BCUT2D eigenvalue weighted by Gasteiger charge is -2.33. The molecule has 0 aliphatic carbocycles. The Morgan fingerprint density at radius 1 is 0.949 bits per heavy atom. The number of rotatable bonds is 12. The normalized spacial score (nSPS) is 11.8. The smallest absolute Gasteiger partial charge is 0.264 e. The first-order valence-corrected chi connectivity index (χ1v) is 14.0. The summed E-state index contributed by atoms with van der Waals surface area (Å²) in [5.74, 6) is -0.254. The molecule has 2 amide bonds. The number of ether oxygens (including phenoxy) is 2. The molecule has 0 fully saturated rings. The first kappa shape index (κ1) is 29.5. The van der Waals surface area contributed by atoms with Gasteiger partial charge in [0.05, 0.1) is 24.8 Å². The van der Waals surface area contributed by atoms with Gasteiger partial charge in [-0.3, -0.25) is 13.9 Å². The Labute approximate surface area is 230 Å². The van der Waals surface area contributed by atoms with E-state index in [2.05, 4.69) is 5.32 Å². The predicted octanol–water partition coefficient (Wildman–Crippen LogP) is 3.76. The van der Waals surface area contributed by atoms with Crippen LogP contribution in [0.3, 0.4) is 0 Å². The van der Waals surface area contributed by atoms with Gasteiger partial charge in [-0.05, 0) is 43.2 Å². The summed E-state index contributed by atoms with van der Waals surface area (Å²) in [6.07, 6.45) is 0.339. The zero-order valence-corrected chi connectivity index (χ0v) is 23.7. The van der Waals surface area contributed by atoms with E-state index in [1.165, 1.54) is 44.4 Å². The Kier molecular flexibility index (Phi) is 9.95. The SMILES string of the molecule is CC[C@H](C(=O)NC)N(Cc1ccccc1)C(=O)CN(c1cc(OC)ccc1OC)S(=O)(=O)c1ccc(C)cc1. The van der Waals surface area contributed by atoms with Crippen LogP contribution in [0, 0.1) is 6.92 Å². The van der Waals surface area contributed by atoms with E-state index >= 15 is 0 Å². The molecule has 39 heavy (non-hydrogen) atoms. The summed E-state index contributed by atoms with van der Waals surface area (Å²) < 4.78 is 39.9. The third-order valence-electron chi connectivity index (χ3n) is 6.37. The van der Waals surface area contributed by atoms with E-state index in [0.29, 0.717) is 12.2 Å². The number of anilines is 1. The number of hydrogen-bond donors (Lipinski definition) is 1. The van der Waals surface area contributed by atoms with Gasteiger partial charge in [0.2, 0.25) is 11.8 Å². The highest BCUT2D eigenvalue weighted by atomic mass is 32.2. The maximum Gasteiger partial charge on any atom is 0.264 e. The van der Waals surface area contributed by atoms with E-state index in [9.17, 15) is 18.0 Å². The van der Waals surface area contributed by atoms with E-state index in [1.54, 1.807) is 31.2 Å². The summed E-state index contributed by atoms with van der Waals surface area (Å²) in [7, 11) is 0.152. The van der Waals surface area contributed by atoms with Crippen LogP contribution in [0.5, 0.6) is 11.5 Å². The van der Waals surface area contributed by atoms with Crippen LogP contribution in [0.4, 0.5) is 5.69 Å². The molecule has 3 aromatic rings. The molecule has 0 aromatic heterocycles. The fourth-order valence-corrected chi connectivity index (χ4v) is 5.63. The molecule has 0 saturated carbocycles. The highest BCUT2D eigenvalue weighted by Crippen LogP contribution is 2.36. The largest absolute Gasteiger partial charge is 0.497 e. The van der Waals surface area contributed by atoms with Gasteiger partial charge in [0.25, 0.3) is 10.0 Å². The summed E-state index contributed by atoms with van der Waals surface area (Å²) >= 11 is 0. The highest BCUT2D eigenvalue weighted by Gasteiger charge is 2.34. The van der Waals surface area contributed by atoms with Crippen LogP contribution < -0.4 is 19.1 Å². The molecule has 0 radical (unpaired) electrons. The van der Waals surface area contributed by atoms with E-state index in [-0.39, 0.29) is 28.8 Å². The number of aryl methyl sites for hydroxylation is 1. The molecule has 3 aromatic carbocycles. The van der Waals surface area contributed by atoms with Crippen molar-refractivity contribution in [3.63, 3.8) is 0 Å². The molecular formula is C29H35N3O6S. The van der Waals surface area contributed by atoms with Gasteiger partial charge in [-0.15, -0.1) is 0 Å². The fourth-order valence-electron chi connectivity index (χ4n) is 4.21. The van der Waals surface area contributed by atoms with Crippen molar-refractivity contribution in [3.05, 3.63) is 83.9 Å². The molecule has 0 heterocycles. The number of nitrogens with one attached hydrogen (secondary N) is 1. The molecule has 10 heteroatoms. The molecule has 1 atom stereocenters. The lowest BCUT2D eigenvalue weighted by atomic mass is 10.1. The summed E-state index contributed by atoms with van der Waals surface area (Å²) in [6.45, 7) is 3.21. The van der Waals surface area contributed by atoms with Gasteiger partial charge in [-0.25, -0.2) is 8.42 Å². The number of sulfonamides is 1. The lowest BCUT2D eigenvalue weighted by molar-refractivity contribution is -0.140. The number of methoxy groups -OCH3 is 2. The number of hydrogen-bond acceptors (Lipinski definition) is 6. The average molecular weight is 554 g/mol. The van der Waals surface area contributed by atoms with Crippen molar-refractivity contribution in [1.29, 1.82) is 0 Å². The van der Waals surface area contributed by atoms with E-state index < -0.39 is 28.5 Å². The number of likely N-dealkylation sites (N-methyl/N-ethyl adjacent to an activating group) is 1. The number of carbonyl (C=O) groups is 2. The second kappa shape index (κ2) is 13.1. The van der Waals surface area contributed by atoms with Gasteiger partial charge in [0.15, 0.2) is 0 Å². The van der Waals surface area contributed by atoms with Gasteiger partial charge in [-0.1, -0.05) is 55.0 Å². The minimum Gasteiger partial charge on any atom is -0.497 e. The van der Waals surface area contributed by atoms with Crippen LogP contribution in [-0.2, 0) is 26.2 Å². The van der Waals surface area contributed by atoms with E-state index in [1.807, 2.05) is 37.3 Å². The van der Waals surface area contributed by atoms with Crippen molar-refractivity contribution in [2.75, 3.05) is 32.1 Å². The molecule has 208 valence electrons. The summed E-state index contributed by atoms with van der Waals surface area (Å²) in [5, 5.41) is 2.62. The first-order valence-electron chi connectivity index (χ1n) is 12.5. The Bertz CT molecular complexity index is 1380. The van der Waals surface area contributed by atoms with Crippen molar-refractivity contribution >= 4 is 27.5 Å². The molecule has 0 bridgehead atoms. The van der Waals surface area contributed by atoms with Crippen LogP contribution in [0.1, 0.15) is 24.5 Å². The Morgan fingerprint density at radius 2 is 1.62 bits per heavy atom. The van der Waals surface area contributed by atoms with E-state index in [0.717, 1.165) is 15.4 Å². The molecule has 0 spiro atoms. The van der Waals surface area contributed by atoms with Crippen molar-refractivity contribution in [2.45, 2.75) is 37.8 Å². The Hall–Kier alpha value is -4.05. The van der Waals surface area contributed by atoms with Crippen LogP contribution in [-0.4, -0.2) is 59.0 Å². The van der Waals surface area contributed by atoms with Crippen molar-refractivity contribution in [1.82, 2.24) is 10.2 Å². The Morgan fingerprint density at radius 3 is 2.18 bits per heavy atom. The fraction of sp³-hybridized carbons (Fsp3) is 0.310. The molecule has 0 saturated heterocycles. The zero-order chi connectivity index (χ0) is 28.6. The second-order valence-corrected chi connectivity index (χ2v) is 10.8. The Balaban J connectivity index is 2.14. The second-order valence-electron chi connectivity index (χ2n) is 8.91. The van der Waals surface area contributed by atoms with Crippen molar-refractivity contribution < 1.29 is 27.5 Å². The quantitative estimate of drug-likeness (QED) is 0.366. The van der Waals surface area contributed by atoms with Gasteiger partial charge in [0.1, 0.15) is 24.1 Å².